The van der Waals surface area contributed by atoms with Crippen LogP contribution in [0.5, 0.6) is 0 Å². The fourth-order valence-electron chi connectivity index (χ4n) is 4.58. The molecular weight excluding hydrogens is 388 g/mol. The number of quaternary nitrogens is 1. The van der Waals surface area contributed by atoms with Gasteiger partial charge in [-0.3, -0.25) is 9.59 Å². The van der Waals surface area contributed by atoms with E-state index >= 15 is 0 Å². The molecule has 3 aliphatic rings. The molecule has 2 N–H and O–H groups in total. The number of carbonyl (C=O) groups excluding carboxylic acids is 2. The fraction of sp³-hybridized carbons (Fsp3) is 0.364. The molecular formula is C22H23N2O2S2+. The van der Waals surface area contributed by atoms with E-state index in [1.807, 2.05) is 24.3 Å². The molecule has 1 amide bonds. The molecule has 3 saturated heterocycles. The monoisotopic (exact) mass is 411 g/mol. The van der Waals surface area contributed by atoms with Gasteiger partial charge in [0.05, 0.1) is 35.4 Å². The summed E-state index contributed by atoms with van der Waals surface area (Å²) in [6.07, 6.45) is 2.46. The van der Waals surface area contributed by atoms with Gasteiger partial charge in [0, 0.05) is 28.0 Å². The summed E-state index contributed by atoms with van der Waals surface area (Å²) >= 11 is 3.07. The Labute approximate surface area is 172 Å². The third-order valence-corrected chi connectivity index (χ3v) is 8.52. The summed E-state index contributed by atoms with van der Waals surface area (Å²) in [5, 5.41) is 4.40. The molecule has 0 spiro atoms. The molecule has 2 bridgehead atoms. The van der Waals surface area contributed by atoms with Crippen molar-refractivity contribution < 1.29 is 14.5 Å². The second-order valence-electron chi connectivity index (χ2n) is 7.93. The highest BCUT2D eigenvalue weighted by Crippen LogP contribution is 2.38. The topological polar surface area (TPSA) is 50.6 Å². The van der Waals surface area contributed by atoms with Crippen LogP contribution in [0.25, 0.3) is 20.5 Å². The lowest BCUT2D eigenvalue weighted by Crippen LogP contribution is -3.17. The van der Waals surface area contributed by atoms with Gasteiger partial charge in [-0.25, -0.2) is 0 Å². The maximum atomic E-state index is 12.9. The predicted octanol–water partition coefficient (Wildman–Crippen LogP) is 3.24. The molecule has 3 aliphatic heterocycles. The third kappa shape index (κ3) is 3.19. The van der Waals surface area contributed by atoms with Gasteiger partial charge < -0.3 is 10.2 Å². The predicted molar refractivity (Wildman–Crippen MR) is 115 cm³/mol. The lowest BCUT2D eigenvalue weighted by molar-refractivity contribution is -0.917. The molecule has 5 heterocycles. The van der Waals surface area contributed by atoms with Gasteiger partial charge in [-0.2, -0.15) is 0 Å². The van der Waals surface area contributed by atoms with E-state index in [1.165, 1.54) is 37.3 Å². The van der Waals surface area contributed by atoms with E-state index in [0.717, 1.165) is 36.8 Å². The maximum Gasteiger partial charge on any atom is 0.261 e. The first-order valence-corrected chi connectivity index (χ1v) is 11.5. The van der Waals surface area contributed by atoms with E-state index in [-0.39, 0.29) is 11.7 Å². The number of nitrogens with one attached hydrogen (secondary N) is 2. The average Bonchev–Trinajstić information content (AvgIpc) is 3.36. The minimum Gasteiger partial charge on any atom is -0.343 e. The lowest BCUT2D eigenvalue weighted by atomic mass is 9.84. The van der Waals surface area contributed by atoms with Crippen molar-refractivity contribution in [2.75, 3.05) is 19.6 Å². The number of rotatable bonds is 4. The van der Waals surface area contributed by atoms with E-state index in [1.54, 1.807) is 23.2 Å². The van der Waals surface area contributed by atoms with Crippen molar-refractivity contribution >= 4 is 44.5 Å². The quantitative estimate of drug-likeness (QED) is 0.648. The molecule has 2 aromatic heterocycles. The molecule has 28 heavy (non-hydrogen) atoms. The maximum absolute atomic E-state index is 12.9. The highest BCUT2D eigenvalue weighted by Gasteiger charge is 2.38. The number of amides is 1. The van der Waals surface area contributed by atoms with Crippen LogP contribution in [0, 0.1) is 5.92 Å². The Kier molecular flexibility index (Phi) is 4.57. The molecule has 0 unspecified atom stereocenters. The molecule has 144 valence electrons. The summed E-state index contributed by atoms with van der Waals surface area (Å²) in [7, 11) is 0. The molecule has 1 aromatic carbocycles. The van der Waals surface area contributed by atoms with Gasteiger partial charge in [0.2, 0.25) is 0 Å². The van der Waals surface area contributed by atoms with Crippen molar-refractivity contribution in [2.24, 2.45) is 5.92 Å². The molecule has 0 radical (unpaired) electrons. The van der Waals surface area contributed by atoms with Crippen molar-refractivity contribution in [3.05, 3.63) is 46.2 Å². The SMILES string of the molecule is CC(=O)c1ccc(-c2cccc3cc(C(=O)N[C@H]4C[NH+]5CCC4CC5)sc23)s1. The van der Waals surface area contributed by atoms with Crippen LogP contribution in [0.3, 0.4) is 0 Å². The number of benzene rings is 1. The number of hydrogen-bond donors (Lipinski definition) is 2. The minimum absolute atomic E-state index is 0.0564. The van der Waals surface area contributed by atoms with Gasteiger partial charge in [-0.05, 0) is 36.4 Å². The highest BCUT2D eigenvalue weighted by atomic mass is 32.1. The molecule has 6 heteroatoms. The number of piperidine rings is 3. The molecule has 3 aromatic rings. The van der Waals surface area contributed by atoms with Crippen molar-refractivity contribution in [1.29, 1.82) is 0 Å². The van der Waals surface area contributed by atoms with E-state index in [2.05, 4.69) is 17.4 Å². The number of hydrogen-bond acceptors (Lipinski definition) is 4. The lowest BCUT2D eigenvalue weighted by Gasteiger charge is -2.41. The second-order valence-corrected chi connectivity index (χ2v) is 10.1. The summed E-state index contributed by atoms with van der Waals surface area (Å²) in [4.78, 5) is 28.8. The standard InChI is InChI=1S/C22H22N2O2S2/c1-13(25)18-5-6-19(27-18)16-4-2-3-15-11-20(28-21(15)16)22(26)23-17-12-24-9-7-14(17)8-10-24/h2-6,11,14,17H,7-10,12H2,1H3,(H,23,26)/p+1/t17-/m0/s1. The smallest absolute Gasteiger partial charge is 0.261 e. The van der Waals surface area contributed by atoms with Crippen LogP contribution < -0.4 is 10.2 Å². The molecule has 6 rings (SSSR count). The van der Waals surface area contributed by atoms with Crippen LogP contribution in [0.15, 0.2) is 36.4 Å². The highest BCUT2D eigenvalue weighted by molar-refractivity contribution is 7.22. The Morgan fingerprint density at radius 2 is 1.89 bits per heavy atom. The first-order chi connectivity index (χ1) is 13.6. The zero-order chi connectivity index (χ0) is 19.3. The second kappa shape index (κ2) is 7.10. The zero-order valence-electron chi connectivity index (χ0n) is 15.8. The van der Waals surface area contributed by atoms with Crippen LogP contribution in [-0.2, 0) is 0 Å². The molecule has 0 saturated carbocycles. The Morgan fingerprint density at radius 3 is 2.57 bits per heavy atom. The summed E-state index contributed by atoms with van der Waals surface area (Å²) in [6, 6.07) is 12.4. The van der Waals surface area contributed by atoms with Gasteiger partial charge in [-0.15, -0.1) is 22.7 Å². The van der Waals surface area contributed by atoms with Gasteiger partial charge in [0.25, 0.3) is 5.91 Å². The number of ketones is 1. The minimum atomic E-state index is 0.0564. The van der Waals surface area contributed by atoms with Crippen molar-refractivity contribution in [1.82, 2.24) is 5.32 Å². The van der Waals surface area contributed by atoms with Crippen molar-refractivity contribution in [3.63, 3.8) is 0 Å². The van der Waals surface area contributed by atoms with Gasteiger partial charge >= 0.3 is 0 Å². The van der Waals surface area contributed by atoms with E-state index in [4.69, 9.17) is 0 Å². The summed E-state index contributed by atoms with van der Waals surface area (Å²) in [5.74, 6) is 0.790. The Morgan fingerprint density at radius 1 is 1.07 bits per heavy atom. The fourth-order valence-corrected chi connectivity index (χ4v) is 6.67. The average molecular weight is 412 g/mol. The Bertz CT molecular complexity index is 1060. The van der Waals surface area contributed by atoms with Crippen LogP contribution in [0.1, 0.15) is 39.1 Å². The normalized spacial score (nSPS) is 23.8. The first-order valence-electron chi connectivity index (χ1n) is 9.86. The Hall–Kier alpha value is -2.02. The van der Waals surface area contributed by atoms with Gasteiger partial charge in [0.15, 0.2) is 5.78 Å². The number of carbonyl (C=O) groups is 2. The number of Topliss-reactive ketones (excluding diaryl/α,β-unsaturated/α-hetero) is 1. The zero-order valence-corrected chi connectivity index (χ0v) is 17.4. The van der Waals surface area contributed by atoms with Crippen molar-refractivity contribution in [2.45, 2.75) is 25.8 Å². The van der Waals surface area contributed by atoms with Crippen LogP contribution in [-0.4, -0.2) is 37.4 Å². The Balaban J connectivity index is 1.43. The summed E-state index contributed by atoms with van der Waals surface area (Å²) in [6.45, 7) is 5.17. The third-order valence-electron chi connectivity index (χ3n) is 6.12. The first kappa shape index (κ1) is 18.0. The largest absolute Gasteiger partial charge is 0.343 e. The summed E-state index contributed by atoms with van der Waals surface area (Å²) in [5.41, 5.74) is 1.10. The molecule has 3 fully saturated rings. The molecule has 1 atom stereocenters. The summed E-state index contributed by atoms with van der Waals surface area (Å²) < 4.78 is 1.11. The van der Waals surface area contributed by atoms with Crippen molar-refractivity contribution in [3.8, 4) is 10.4 Å². The number of fused-ring (bicyclic) bond motifs is 4. The molecule has 4 nitrogen and oxygen atoms in total. The van der Waals surface area contributed by atoms with Gasteiger partial charge in [0.1, 0.15) is 0 Å². The number of thiophene rings is 2. The van der Waals surface area contributed by atoms with Crippen LogP contribution >= 0.6 is 22.7 Å². The van der Waals surface area contributed by atoms with E-state index in [9.17, 15) is 9.59 Å². The van der Waals surface area contributed by atoms with Gasteiger partial charge in [-0.1, -0.05) is 18.2 Å². The van der Waals surface area contributed by atoms with E-state index in [0.29, 0.717) is 12.0 Å². The molecule has 0 aliphatic carbocycles. The van der Waals surface area contributed by atoms with Crippen LogP contribution in [0.2, 0.25) is 0 Å². The van der Waals surface area contributed by atoms with E-state index < -0.39 is 0 Å². The van der Waals surface area contributed by atoms with Crippen LogP contribution in [0.4, 0.5) is 0 Å².